The van der Waals surface area contributed by atoms with E-state index in [1.54, 1.807) is 16.6 Å². The Hall–Kier alpha value is -1.56. The minimum Gasteiger partial charge on any atom is -0.396 e. The van der Waals surface area contributed by atoms with Crippen molar-refractivity contribution in [2.75, 3.05) is 19.4 Å². The maximum atomic E-state index is 12.5. The number of nitrogen functional groups attached to an aromatic ring is 1. The van der Waals surface area contributed by atoms with Gasteiger partial charge in [-0.2, -0.15) is 5.10 Å². The van der Waals surface area contributed by atoms with E-state index in [0.29, 0.717) is 24.5 Å². The van der Waals surface area contributed by atoms with Crippen LogP contribution in [0.15, 0.2) is 6.20 Å². The third-order valence-electron chi connectivity index (χ3n) is 3.52. The quantitative estimate of drug-likeness (QED) is 0.861. The van der Waals surface area contributed by atoms with E-state index in [4.69, 9.17) is 10.5 Å². The molecule has 100 valence electrons. The van der Waals surface area contributed by atoms with E-state index in [2.05, 4.69) is 5.10 Å². The number of aromatic nitrogens is 2. The van der Waals surface area contributed by atoms with Crippen LogP contribution in [0.5, 0.6) is 0 Å². The summed E-state index contributed by atoms with van der Waals surface area (Å²) in [6.45, 7) is 5.25. The summed E-state index contributed by atoms with van der Waals surface area (Å²) in [5.41, 5.74) is 6.73. The van der Waals surface area contributed by atoms with Crippen molar-refractivity contribution in [3.05, 3.63) is 11.9 Å². The maximum absolute atomic E-state index is 12.5. The van der Waals surface area contributed by atoms with E-state index in [9.17, 15) is 4.79 Å². The highest BCUT2D eigenvalue weighted by Gasteiger charge is 2.32. The first kappa shape index (κ1) is 12.9. The highest BCUT2D eigenvalue weighted by atomic mass is 16.5. The summed E-state index contributed by atoms with van der Waals surface area (Å²) in [4.78, 5) is 14.2. The molecule has 2 N–H and O–H groups in total. The summed E-state index contributed by atoms with van der Waals surface area (Å²) < 4.78 is 7.13. The Bertz CT molecular complexity index is 443. The average Bonchev–Trinajstić information content (AvgIpc) is 2.93. The molecule has 1 aromatic heterocycles. The zero-order valence-corrected chi connectivity index (χ0v) is 11.1. The molecule has 1 aliphatic heterocycles. The van der Waals surface area contributed by atoms with E-state index in [0.717, 1.165) is 6.42 Å². The van der Waals surface area contributed by atoms with Gasteiger partial charge in [-0.25, -0.2) is 0 Å². The molecule has 0 spiro atoms. The first-order valence-electron chi connectivity index (χ1n) is 6.26. The van der Waals surface area contributed by atoms with Gasteiger partial charge in [-0.15, -0.1) is 0 Å². The molecule has 1 saturated heterocycles. The number of nitrogens with two attached hydrogens (primary N) is 1. The lowest BCUT2D eigenvalue weighted by Gasteiger charge is -2.27. The van der Waals surface area contributed by atoms with Crippen LogP contribution >= 0.6 is 0 Å². The topological polar surface area (TPSA) is 73.4 Å². The zero-order valence-electron chi connectivity index (χ0n) is 11.1. The summed E-state index contributed by atoms with van der Waals surface area (Å²) >= 11 is 0. The molecular formula is C12H20N4O2. The predicted octanol–water partition coefficient (Wildman–Crippen LogP) is 0.735. The van der Waals surface area contributed by atoms with Gasteiger partial charge in [0, 0.05) is 20.2 Å². The van der Waals surface area contributed by atoms with Crippen LogP contribution in [-0.2, 0) is 11.3 Å². The number of hydrogen-bond acceptors (Lipinski definition) is 4. The van der Waals surface area contributed by atoms with Crippen LogP contribution in [0.3, 0.4) is 0 Å². The molecule has 18 heavy (non-hydrogen) atoms. The highest BCUT2D eigenvalue weighted by Crippen LogP contribution is 2.21. The number of rotatable bonds is 3. The number of hydrogen-bond donors (Lipinski definition) is 1. The monoisotopic (exact) mass is 252 g/mol. The van der Waals surface area contributed by atoms with Crippen LogP contribution in [0.4, 0.5) is 5.69 Å². The van der Waals surface area contributed by atoms with Crippen molar-refractivity contribution < 1.29 is 9.53 Å². The molecule has 6 heteroatoms. The Morgan fingerprint density at radius 1 is 1.72 bits per heavy atom. The Morgan fingerprint density at radius 3 is 3.00 bits per heavy atom. The van der Waals surface area contributed by atoms with Gasteiger partial charge in [0.1, 0.15) is 5.69 Å². The number of anilines is 1. The standard InChI is InChI=1S/C12H20N4O2/c1-4-16-11(9(13)7-14-16)12(17)15(3)10-5-6-18-8(10)2/h7-8,10H,4-6,13H2,1-3H3. The second kappa shape index (κ2) is 4.97. The third kappa shape index (κ3) is 2.08. The third-order valence-corrected chi connectivity index (χ3v) is 3.52. The lowest BCUT2D eigenvalue weighted by atomic mass is 10.1. The molecule has 6 nitrogen and oxygen atoms in total. The normalized spacial score (nSPS) is 23.3. The van der Waals surface area contributed by atoms with Crippen LogP contribution in [0.1, 0.15) is 30.8 Å². The van der Waals surface area contributed by atoms with Gasteiger partial charge in [0.25, 0.3) is 5.91 Å². The van der Waals surface area contributed by atoms with Crippen LogP contribution in [0, 0.1) is 0 Å². The van der Waals surface area contributed by atoms with Crippen molar-refractivity contribution in [1.82, 2.24) is 14.7 Å². The highest BCUT2D eigenvalue weighted by molar-refractivity contribution is 5.97. The average molecular weight is 252 g/mol. The fourth-order valence-electron chi connectivity index (χ4n) is 2.42. The molecular weight excluding hydrogens is 232 g/mol. The Labute approximate surface area is 107 Å². The predicted molar refractivity (Wildman–Crippen MR) is 68.2 cm³/mol. The van der Waals surface area contributed by atoms with E-state index in [1.807, 2.05) is 13.8 Å². The summed E-state index contributed by atoms with van der Waals surface area (Å²) in [6.07, 6.45) is 2.46. The molecule has 2 heterocycles. The Balaban J connectivity index is 2.22. The van der Waals surface area contributed by atoms with E-state index < -0.39 is 0 Å². The molecule has 0 saturated carbocycles. The molecule has 1 amide bonds. The fourth-order valence-corrected chi connectivity index (χ4v) is 2.42. The van der Waals surface area contributed by atoms with E-state index in [1.165, 1.54) is 6.20 Å². The van der Waals surface area contributed by atoms with Crippen molar-refractivity contribution in [3.63, 3.8) is 0 Å². The summed E-state index contributed by atoms with van der Waals surface area (Å²) in [5.74, 6) is -0.0887. The molecule has 2 rings (SSSR count). The van der Waals surface area contributed by atoms with Crippen molar-refractivity contribution in [2.45, 2.75) is 39.0 Å². The van der Waals surface area contributed by atoms with E-state index in [-0.39, 0.29) is 18.1 Å². The number of likely N-dealkylation sites (N-methyl/N-ethyl adjacent to an activating group) is 1. The van der Waals surface area contributed by atoms with E-state index >= 15 is 0 Å². The van der Waals surface area contributed by atoms with Crippen LogP contribution < -0.4 is 5.73 Å². The number of aryl methyl sites for hydroxylation is 1. The van der Waals surface area contributed by atoms with Crippen molar-refractivity contribution in [3.8, 4) is 0 Å². The minimum absolute atomic E-state index is 0.0678. The van der Waals surface area contributed by atoms with Crippen LogP contribution in [0.2, 0.25) is 0 Å². The molecule has 0 aliphatic carbocycles. The number of amides is 1. The summed E-state index contributed by atoms with van der Waals surface area (Å²) in [7, 11) is 1.80. The van der Waals surface area contributed by atoms with Crippen molar-refractivity contribution >= 4 is 11.6 Å². The maximum Gasteiger partial charge on any atom is 0.274 e. The first-order valence-corrected chi connectivity index (χ1v) is 6.26. The van der Waals surface area contributed by atoms with Crippen LogP contribution in [0.25, 0.3) is 0 Å². The molecule has 0 aromatic carbocycles. The second-order valence-electron chi connectivity index (χ2n) is 4.61. The number of ether oxygens (including phenoxy) is 1. The lowest BCUT2D eigenvalue weighted by molar-refractivity contribution is 0.0565. The molecule has 0 bridgehead atoms. The van der Waals surface area contributed by atoms with Gasteiger partial charge in [0.2, 0.25) is 0 Å². The second-order valence-corrected chi connectivity index (χ2v) is 4.61. The van der Waals surface area contributed by atoms with Gasteiger partial charge in [0.05, 0.1) is 24.0 Å². The first-order chi connectivity index (χ1) is 8.56. The fraction of sp³-hybridized carbons (Fsp3) is 0.667. The Morgan fingerprint density at radius 2 is 2.44 bits per heavy atom. The SMILES string of the molecule is CCn1ncc(N)c1C(=O)N(C)C1CCOC1C. The van der Waals surface area contributed by atoms with Gasteiger partial charge in [-0.05, 0) is 20.3 Å². The molecule has 1 fully saturated rings. The Kier molecular flexibility index (Phi) is 3.56. The largest absolute Gasteiger partial charge is 0.396 e. The lowest BCUT2D eigenvalue weighted by Crippen LogP contribution is -2.42. The molecule has 1 aromatic rings. The molecule has 1 aliphatic rings. The van der Waals surface area contributed by atoms with Gasteiger partial charge < -0.3 is 15.4 Å². The molecule has 2 unspecified atom stereocenters. The van der Waals surface area contributed by atoms with Gasteiger partial charge in [-0.1, -0.05) is 0 Å². The number of carbonyl (C=O) groups is 1. The zero-order chi connectivity index (χ0) is 13.3. The summed E-state index contributed by atoms with van der Waals surface area (Å²) in [5, 5.41) is 4.10. The van der Waals surface area contributed by atoms with Gasteiger partial charge in [-0.3, -0.25) is 9.48 Å². The minimum atomic E-state index is -0.0887. The van der Waals surface area contributed by atoms with Crippen molar-refractivity contribution in [2.24, 2.45) is 0 Å². The summed E-state index contributed by atoms with van der Waals surface area (Å²) in [6, 6.07) is 0.108. The van der Waals surface area contributed by atoms with Gasteiger partial charge in [0.15, 0.2) is 0 Å². The number of carbonyl (C=O) groups excluding carboxylic acids is 1. The van der Waals surface area contributed by atoms with Gasteiger partial charge >= 0.3 is 0 Å². The smallest absolute Gasteiger partial charge is 0.274 e. The molecule has 2 atom stereocenters. The van der Waals surface area contributed by atoms with Crippen molar-refractivity contribution in [1.29, 1.82) is 0 Å². The van der Waals surface area contributed by atoms with Crippen LogP contribution in [-0.4, -0.2) is 46.4 Å². The molecule has 0 radical (unpaired) electrons. The number of nitrogens with zero attached hydrogens (tertiary/aromatic N) is 3.